The minimum absolute atomic E-state index is 0.185. The van der Waals surface area contributed by atoms with Crippen LogP contribution in [0.4, 0.5) is 18.9 Å². The van der Waals surface area contributed by atoms with E-state index in [1.165, 1.54) is 6.07 Å². The molecule has 0 unspecified atom stereocenters. The molecule has 1 heterocycles. The van der Waals surface area contributed by atoms with Gasteiger partial charge in [-0.15, -0.1) is 0 Å². The molecule has 4 nitrogen and oxygen atoms in total. The number of anilines is 1. The van der Waals surface area contributed by atoms with Gasteiger partial charge in [-0.05, 0) is 19.1 Å². The molecule has 0 atom stereocenters. The van der Waals surface area contributed by atoms with Gasteiger partial charge in [-0.25, -0.2) is 13.2 Å². The monoisotopic (exact) mass is 332 g/mol. The maximum absolute atomic E-state index is 13.6. The van der Waals surface area contributed by atoms with Crippen LogP contribution in [0.2, 0.25) is 0 Å². The van der Waals surface area contributed by atoms with Crippen LogP contribution in [-0.4, -0.2) is 11.1 Å². The Labute approximate surface area is 134 Å². The van der Waals surface area contributed by atoms with Gasteiger partial charge in [-0.3, -0.25) is 4.79 Å². The first-order valence-corrected chi connectivity index (χ1v) is 6.94. The van der Waals surface area contributed by atoms with E-state index >= 15 is 0 Å². The molecule has 1 N–H and O–H groups in total. The number of carbonyl (C=O) groups is 1. The molecule has 0 fully saturated rings. The topological polar surface area (TPSA) is 55.1 Å². The fraction of sp³-hybridized carbons (Fsp3) is 0.0588. The number of hydrogen-bond donors (Lipinski definition) is 1. The van der Waals surface area contributed by atoms with Crippen molar-refractivity contribution in [2.45, 2.75) is 6.92 Å². The summed E-state index contributed by atoms with van der Waals surface area (Å²) in [4.78, 5) is 12.0. The SMILES string of the molecule is Cc1ccc(-c2cc(C(=O)Nc3ccc(F)c(F)c3F)on2)cc1. The second kappa shape index (κ2) is 6.19. The third-order valence-corrected chi connectivity index (χ3v) is 3.36. The third kappa shape index (κ3) is 3.01. The van der Waals surface area contributed by atoms with E-state index in [-0.39, 0.29) is 5.76 Å². The predicted octanol–water partition coefficient (Wildman–Crippen LogP) is 4.32. The summed E-state index contributed by atoms with van der Waals surface area (Å²) in [7, 11) is 0. The molecule has 2 aromatic carbocycles. The molecule has 1 aromatic heterocycles. The Kier molecular flexibility index (Phi) is 4.07. The highest BCUT2D eigenvalue weighted by Crippen LogP contribution is 2.22. The lowest BCUT2D eigenvalue weighted by atomic mass is 10.1. The van der Waals surface area contributed by atoms with Crippen LogP contribution < -0.4 is 5.32 Å². The minimum Gasteiger partial charge on any atom is -0.350 e. The summed E-state index contributed by atoms with van der Waals surface area (Å²) >= 11 is 0. The smallest absolute Gasteiger partial charge is 0.294 e. The number of aromatic nitrogens is 1. The highest BCUT2D eigenvalue weighted by Gasteiger charge is 2.19. The van der Waals surface area contributed by atoms with Crippen LogP contribution in [0, 0.1) is 24.4 Å². The summed E-state index contributed by atoms with van der Waals surface area (Å²) in [5, 5.41) is 5.88. The van der Waals surface area contributed by atoms with E-state index in [4.69, 9.17) is 4.52 Å². The van der Waals surface area contributed by atoms with Crippen LogP contribution in [0.3, 0.4) is 0 Å². The lowest BCUT2D eigenvalue weighted by Crippen LogP contribution is -2.13. The van der Waals surface area contributed by atoms with Crippen molar-refractivity contribution in [3.63, 3.8) is 0 Å². The zero-order chi connectivity index (χ0) is 17.3. The summed E-state index contributed by atoms with van der Waals surface area (Å²) in [5.74, 6) is -5.50. The first-order valence-electron chi connectivity index (χ1n) is 6.94. The van der Waals surface area contributed by atoms with Gasteiger partial charge in [-0.1, -0.05) is 35.0 Å². The van der Waals surface area contributed by atoms with E-state index in [1.54, 1.807) is 0 Å². The molecule has 24 heavy (non-hydrogen) atoms. The quantitative estimate of drug-likeness (QED) is 0.727. The molecular weight excluding hydrogens is 321 g/mol. The fourth-order valence-corrected chi connectivity index (χ4v) is 2.05. The molecule has 0 aliphatic rings. The van der Waals surface area contributed by atoms with Gasteiger partial charge in [0.1, 0.15) is 5.69 Å². The molecule has 0 saturated heterocycles. The summed E-state index contributed by atoms with van der Waals surface area (Å²) in [6, 6.07) is 10.4. The number of aryl methyl sites for hydroxylation is 1. The van der Waals surface area contributed by atoms with Gasteiger partial charge in [0.15, 0.2) is 17.5 Å². The average molecular weight is 332 g/mol. The van der Waals surface area contributed by atoms with Crippen LogP contribution in [-0.2, 0) is 0 Å². The van der Waals surface area contributed by atoms with Crippen molar-refractivity contribution in [1.29, 1.82) is 0 Å². The number of amides is 1. The Bertz CT molecular complexity index is 905. The number of carbonyl (C=O) groups excluding carboxylic acids is 1. The molecule has 3 aromatic rings. The van der Waals surface area contributed by atoms with E-state index in [0.29, 0.717) is 11.8 Å². The first-order chi connectivity index (χ1) is 11.5. The highest BCUT2D eigenvalue weighted by molar-refractivity contribution is 6.02. The van der Waals surface area contributed by atoms with Gasteiger partial charge in [0.2, 0.25) is 5.76 Å². The van der Waals surface area contributed by atoms with Gasteiger partial charge in [0.05, 0.1) is 5.69 Å². The van der Waals surface area contributed by atoms with Gasteiger partial charge >= 0.3 is 0 Å². The Morgan fingerprint density at radius 3 is 2.46 bits per heavy atom. The second-order valence-corrected chi connectivity index (χ2v) is 5.12. The molecule has 3 rings (SSSR count). The van der Waals surface area contributed by atoms with Crippen LogP contribution in [0.15, 0.2) is 47.0 Å². The van der Waals surface area contributed by atoms with Crippen molar-refractivity contribution in [1.82, 2.24) is 5.16 Å². The van der Waals surface area contributed by atoms with Crippen molar-refractivity contribution in [3.8, 4) is 11.3 Å². The Balaban J connectivity index is 1.82. The molecule has 7 heteroatoms. The van der Waals surface area contributed by atoms with Crippen molar-refractivity contribution >= 4 is 11.6 Å². The lowest BCUT2D eigenvalue weighted by Gasteiger charge is -2.05. The largest absolute Gasteiger partial charge is 0.350 e. The van der Waals surface area contributed by atoms with Gasteiger partial charge in [0.25, 0.3) is 5.91 Å². The Hall–Kier alpha value is -3.09. The minimum atomic E-state index is -1.66. The van der Waals surface area contributed by atoms with Crippen molar-refractivity contribution in [2.24, 2.45) is 0 Å². The van der Waals surface area contributed by atoms with Crippen molar-refractivity contribution in [2.75, 3.05) is 5.32 Å². The van der Waals surface area contributed by atoms with Gasteiger partial charge in [-0.2, -0.15) is 0 Å². The Morgan fingerprint density at radius 2 is 1.75 bits per heavy atom. The summed E-state index contributed by atoms with van der Waals surface area (Å²) in [6.07, 6.45) is 0. The highest BCUT2D eigenvalue weighted by atomic mass is 19.2. The first kappa shape index (κ1) is 15.8. The maximum atomic E-state index is 13.6. The van der Waals surface area contributed by atoms with Crippen LogP contribution in [0.1, 0.15) is 16.1 Å². The molecule has 122 valence electrons. The normalized spacial score (nSPS) is 10.7. The van der Waals surface area contributed by atoms with Crippen LogP contribution >= 0.6 is 0 Å². The number of nitrogens with zero attached hydrogens (tertiary/aromatic N) is 1. The van der Waals surface area contributed by atoms with Crippen LogP contribution in [0.25, 0.3) is 11.3 Å². The number of nitrogens with one attached hydrogen (secondary N) is 1. The molecule has 0 aliphatic heterocycles. The van der Waals surface area contributed by atoms with Gasteiger partial charge in [0, 0.05) is 11.6 Å². The lowest BCUT2D eigenvalue weighted by molar-refractivity contribution is 0.0987. The number of halogens is 3. The van der Waals surface area contributed by atoms with Crippen LogP contribution in [0.5, 0.6) is 0 Å². The third-order valence-electron chi connectivity index (χ3n) is 3.36. The molecule has 1 amide bonds. The van der Waals surface area contributed by atoms with E-state index in [2.05, 4.69) is 10.5 Å². The average Bonchev–Trinajstić information content (AvgIpc) is 3.06. The zero-order valence-corrected chi connectivity index (χ0v) is 12.4. The molecule has 0 saturated carbocycles. The fourth-order valence-electron chi connectivity index (χ4n) is 2.05. The van der Waals surface area contributed by atoms with Crippen molar-refractivity contribution < 1.29 is 22.5 Å². The summed E-state index contributed by atoms with van der Waals surface area (Å²) < 4.78 is 44.5. The molecule has 0 radical (unpaired) electrons. The molecule has 0 spiro atoms. The summed E-state index contributed by atoms with van der Waals surface area (Å²) in [5.41, 5.74) is 1.73. The zero-order valence-electron chi connectivity index (χ0n) is 12.4. The molecular formula is C17H11F3N2O2. The van der Waals surface area contributed by atoms with Gasteiger partial charge < -0.3 is 9.84 Å². The maximum Gasteiger partial charge on any atom is 0.294 e. The molecule has 0 bridgehead atoms. The van der Waals surface area contributed by atoms with E-state index < -0.39 is 29.0 Å². The van der Waals surface area contributed by atoms with E-state index in [9.17, 15) is 18.0 Å². The van der Waals surface area contributed by atoms with Crippen molar-refractivity contribution in [3.05, 3.63) is 71.2 Å². The number of rotatable bonds is 3. The molecule has 0 aliphatic carbocycles. The summed E-state index contributed by atoms with van der Waals surface area (Å²) in [6.45, 7) is 1.93. The van der Waals surface area contributed by atoms with E-state index in [1.807, 2.05) is 31.2 Å². The Morgan fingerprint density at radius 1 is 1.04 bits per heavy atom. The number of hydrogen-bond acceptors (Lipinski definition) is 3. The second-order valence-electron chi connectivity index (χ2n) is 5.12. The van der Waals surface area contributed by atoms with E-state index in [0.717, 1.165) is 17.2 Å². The number of benzene rings is 2. The predicted molar refractivity (Wildman–Crippen MR) is 80.9 cm³/mol. The standard InChI is InChI=1S/C17H11F3N2O2/c1-9-2-4-10(5-3-9)13-8-14(24-22-13)17(23)21-12-7-6-11(18)15(19)16(12)20/h2-8H,1H3,(H,21,23).